The lowest BCUT2D eigenvalue weighted by atomic mass is 10.1. The van der Waals surface area contributed by atoms with Gasteiger partial charge in [0.05, 0.1) is 19.2 Å². The number of aryl methyl sites for hydroxylation is 1. The van der Waals surface area contributed by atoms with Crippen molar-refractivity contribution in [3.63, 3.8) is 0 Å². The van der Waals surface area contributed by atoms with E-state index < -0.39 is 0 Å². The maximum absolute atomic E-state index is 12.5. The molecule has 128 valence electrons. The molecule has 1 amide bonds. The Balaban J connectivity index is 1.78. The number of hydrogen-bond acceptors (Lipinski definition) is 6. The van der Waals surface area contributed by atoms with Gasteiger partial charge in [0.15, 0.2) is 5.11 Å². The lowest BCUT2D eigenvalue weighted by Gasteiger charge is -2.11. The number of aromatic nitrogens is 4. The van der Waals surface area contributed by atoms with Crippen molar-refractivity contribution in [3.05, 3.63) is 42.0 Å². The zero-order valence-electron chi connectivity index (χ0n) is 13.7. The Bertz CT molecular complexity index is 939. The molecule has 0 bridgehead atoms. The molecule has 0 unspecified atom stereocenters. The SMILES string of the molecule is CCn1nnc(NC(=S)NC(=O)c2cc3ccccc3cc2OC)n1. The fourth-order valence-electron chi connectivity index (χ4n) is 2.30. The average Bonchev–Trinajstić information content (AvgIpc) is 3.07. The summed E-state index contributed by atoms with van der Waals surface area (Å²) in [7, 11) is 1.52. The number of fused-ring (bicyclic) bond motifs is 1. The Labute approximate surface area is 149 Å². The number of anilines is 1. The zero-order valence-corrected chi connectivity index (χ0v) is 14.5. The Morgan fingerprint density at radius 2 is 2.00 bits per heavy atom. The number of carbonyl (C=O) groups is 1. The minimum atomic E-state index is -0.386. The van der Waals surface area contributed by atoms with Gasteiger partial charge >= 0.3 is 0 Å². The van der Waals surface area contributed by atoms with E-state index in [9.17, 15) is 4.79 Å². The van der Waals surface area contributed by atoms with Crippen LogP contribution in [0.4, 0.5) is 5.95 Å². The van der Waals surface area contributed by atoms with Crippen molar-refractivity contribution in [2.75, 3.05) is 12.4 Å². The first-order valence-corrected chi connectivity index (χ1v) is 7.98. The summed E-state index contributed by atoms with van der Waals surface area (Å²) in [6, 6.07) is 11.3. The first kappa shape index (κ1) is 16.8. The van der Waals surface area contributed by atoms with Crippen molar-refractivity contribution >= 4 is 40.0 Å². The third-order valence-corrected chi connectivity index (χ3v) is 3.70. The molecule has 0 saturated heterocycles. The van der Waals surface area contributed by atoms with E-state index in [0.717, 1.165) is 10.8 Å². The molecule has 0 saturated carbocycles. The summed E-state index contributed by atoms with van der Waals surface area (Å²) in [5, 5.41) is 19.0. The van der Waals surface area contributed by atoms with Gasteiger partial charge in [-0.2, -0.15) is 4.80 Å². The first-order chi connectivity index (χ1) is 12.1. The molecular formula is C16H16N6O2S. The predicted molar refractivity (Wildman–Crippen MR) is 97.7 cm³/mol. The van der Waals surface area contributed by atoms with Crippen LogP contribution in [0.5, 0.6) is 5.75 Å². The maximum Gasteiger partial charge on any atom is 0.269 e. The second-order valence-electron chi connectivity index (χ2n) is 5.11. The molecule has 2 aromatic carbocycles. The third-order valence-electron chi connectivity index (χ3n) is 3.50. The molecule has 25 heavy (non-hydrogen) atoms. The maximum atomic E-state index is 12.5. The van der Waals surface area contributed by atoms with Gasteiger partial charge < -0.3 is 4.74 Å². The van der Waals surface area contributed by atoms with Crippen LogP contribution in [-0.4, -0.2) is 38.3 Å². The number of nitrogens with one attached hydrogen (secondary N) is 2. The van der Waals surface area contributed by atoms with E-state index in [0.29, 0.717) is 17.9 Å². The fraction of sp³-hybridized carbons (Fsp3) is 0.188. The molecule has 2 N–H and O–H groups in total. The summed E-state index contributed by atoms with van der Waals surface area (Å²) in [5.41, 5.74) is 0.385. The molecular weight excluding hydrogens is 340 g/mol. The number of hydrogen-bond donors (Lipinski definition) is 2. The molecule has 0 aliphatic heterocycles. The first-order valence-electron chi connectivity index (χ1n) is 7.57. The van der Waals surface area contributed by atoms with Crippen LogP contribution in [-0.2, 0) is 6.54 Å². The Kier molecular flexibility index (Phi) is 4.85. The molecule has 0 radical (unpaired) electrons. The summed E-state index contributed by atoms with van der Waals surface area (Å²) in [6.07, 6.45) is 0. The van der Waals surface area contributed by atoms with Crippen LogP contribution in [0, 0.1) is 0 Å². The van der Waals surface area contributed by atoms with Crippen LogP contribution in [0.25, 0.3) is 10.8 Å². The number of benzene rings is 2. The van der Waals surface area contributed by atoms with Crippen LogP contribution >= 0.6 is 12.2 Å². The van der Waals surface area contributed by atoms with Gasteiger partial charge in [-0.05, 0) is 47.3 Å². The Hall–Kier alpha value is -3.07. The summed E-state index contributed by atoms with van der Waals surface area (Å²) < 4.78 is 5.33. The highest BCUT2D eigenvalue weighted by Crippen LogP contribution is 2.25. The number of carbonyl (C=O) groups excluding carboxylic acids is 1. The highest BCUT2D eigenvalue weighted by molar-refractivity contribution is 7.80. The summed E-state index contributed by atoms with van der Waals surface area (Å²) >= 11 is 5.13. The normalized spacial score (nSPS) is 10.5. The number of tetrazole rings is 1. The van der Waals surface area contributed by atoms with E-state index in [1.807, 2.05) is 37.3 Å². The zero-order chi connectivity index (χ0) is 17.8. The van der Waals surface area contributed by atoms with Crippen molar-refractivity contribution < 1.29 is 9.53 Å². The van der Waals surface area contributed by atoms with Crippen LogP contribution in [0.15, 0.2) is 36.4 Å². The monoisotopic (exact) mass is 356 g/mol. The number of rotatable bonds is 4. The standard InChI is InChI=1S/C16H16N6O2S/c1-3-22-20-15(19-21-22)18-16(25)17-14(23)12-8-10-6-4-5-7-11(10)9-13(12)24-2/h4-9H,3H2,1-2H3,(H2,17,18,20,23,25). The molecule has 8 nitrogen and oxygen atoms in total. The van der Waals surface area contributed by atoms with E-state index in [1.165, 1.54) is 11.9 Å². The van der Waals surface area contributed by atoms with Gasteiger partial charge in [0, 0.05) is 0 Å². The lowest BCUT2D eigenvalue weighted by Crippen LogP contribution is -2.34. The smallest absolute Gasteiger partial charge is 0.269 e. The molecule has 0 aliphatic carbocycles. The molecule has 0 aliphatic rings. The topological polar surface area (TPSA) is 94.0 Å². The van der Waals surface area contributed by atoms with E-state index in [2.05, 4.69) is 26.0 Å². The van der Waals surface area contributed by atoms with E-state index in [1.54, 1.807) is 6.07 Å². The van der Waals surface area contributed by atoms with Gasteiger partial charge in [-0.3, -0.25) is 15.4 Å². The largest absolute Gasteiger partial charge is 0.496 e. The second-order valence-corrected chi connectivity index (χ2v) is 5.52. The highest BCUT2D eigenvalue weighted by atomic mass is 32.1. The van der Waals surface area contributed by atoms with E-state index in [4.69, 9.17) is 17.0 Å². The molecule has 1 heterocycles. The van der Waals surface area contributed by atoms with Gasteiger partial charge in [-0.25, -0.2) is 0 Å². The number of amides is 1. The van der Waals surface area contributed by atoms with E-state index >= 15 is 0 Å². The molecule has 3 aromatic rings. The second kappa shape index (κ2) is 7.22. The minimum Gasteiger partial charge on any atom is -0.496 e. The van der Waals surface area contributed by atoms with E-state index in [-0.39, 0.29) is 17.0 Å². The molecule has 0 fully saturated rings. The van der Waals surface area contributed by atoms with Gasteiger partial charge in [0.1, 0.15) is 5.75 Å². The number of thiocarbonyl (C=S) groups is 1. The van der Waals surface area contributed by atoms with Gasteiger partial charge in [-0.15, -0.1) is 5.10 Å². The van der Waals surface area contributed by atoms with Crippen LogP contribution in [0.1, 0.15) is 17.3 Å². The molecule has 3 rings (SSSR count). The average molecular weight is 356 g/mol. The number of methoxy groups -OCH3 is 1. The van der Waals surface area contributed by atoms with Gasteiger partial charge in [0.25, 0.3) is 11.9 Å². The van der Waals surface area contributed by atoms with Crippen LogP contribution < -0.4 is 15.4 Å². The van der Waals surface area contributed by atoms with Crippen molar-refractivity contribution in [1.29, 1.82) is 0 Å². The van der Waals surface area contributed by atoms with Crippen LogP contribution in [0.2, 0.25) is 0 Å². The Morgan fingerprint density at radius 3 is 2.64 bits per heavy atom. The van der Waals surface area contributed by atoms with Crippen molar-refractivity contribution in [1.82, 2.24) is 25.5 Å². The molecule has 9 heteroatoms. The quantitative estimate of drug-likeness (QED) is 0.690. The highest BCUT2D eigenvalue weighted by Gasteiger charge is 2.15. The van der Waals surface area contributed by atoms with Crippen molar-refractivity contribution in [3.8, 4) is 5.75 Å². The summed E-state index contributed by atoms with van der Waals surface area (Å²) in [5.74, 6) is 0.301. The minimum absolute atomic E-state index is 0.0795. The number of nitrogens with zero attached hydrogens (tertiary/aromatic N) is 4. The van der Waals surface area contributed by atoms with Gasteiger partial charge in [-0.1, -0.05) is 29.4 Å². The van der Waals surface area contributed by atoms with Crippen LogP contribution in [0.3, 0.4) is 0 Å². The molecule has 0 atom stereocenters. The van der Waals surface area contributed by atoms with Gasteiger partial charge in [0.2, 0.25) is 0 Å². The Morgan fingerprint density at radius 1 is 1.28 bits per heavy atom. The summed E-state index contributed by atoms with van der Waals surface area (Å²) in [6.45, 7) is 2.47. The fourth-order valence-corrected chi connectivity index (χ4v) is 2.48. The predicted octanol–water partition coefficient (Wildman–Crippen LogP) is 1.98. The third kappa shape index (κ3) is 3.72. The lowest BCUT2D eigenvalue weighted by molar-refractivity contribution is 0.0975. The molecule has 0 spiro atoms. The number of ether oxygens (including phenoxy) is 1. The van der Waals surface area contributed by atoms with Crippen molar-refractivity contribution in [2.24, 2.45) is 0 Å². The molecule has 1 aromatic heterocycles. The summed E-state index contributed by atoms with van der Waals surface area (Å²) in [4.78, 5) is 14.0. The van der Waals surface area contributed by atoms with Crippen molar-refractivity contribution in [2.45, 2.75) is 13.5 Å².